The van der Waals surface area contributed by atoms with Crippen LogP contribution in [0.3, 0.4) is 0 Å². The topological polar surface area (TPSA) is 58.9 Å². The highest BCUT2D eigenvalue weighted by molar-refractivity contribution is 7.98. The van der Waals surface area contributed by atoms with Crippen LogP contribution in [0.1, 0.15) is 11.3 Å². The van der Waals surface area contributed by atoms with Gasteiger partial charge in [0.1, 0.15) is 0 Å². The first-order chi connectivity index (χ1) is 5.77. The Balaban J connectivity index is 2.56. The Morgan fingerprint density at radius 2 is 2.42 bits per heavy atom. The third kappa shape index (κ3) is 1.22. The fraction of sp³-hybridized carbons (Fsp3) is 0.375. The molecule has 1 aliphatic heterocycles. The molecule has 0 aromatic carbocycles. The van der Waals surface area contributed by atoms with Crippen LogP contribution in [0.2, 0.25) is 0 Å². The Bertz CT molecular complexity index is 359. The molecule has 1 aromatic rings. The number of nitrogen functional groups attached to an aromatic ring is 1. The van der Waals surface area contributed by atoms with Crippen LogP contribution in [0.15, 0.2) is 10.9 Å². The summed E-state index contributed by atoms with van der Waals surface area (Å²) in [5.41, 5.74) is 7.92. The number of hydrogen-bond acceptors (Lipinski definition) is 3. The van der Waals surface area contributed by atoms with Gasteiger partial charge in [0.15, 0.2) is 0 Å². The second-order valence-electron chi connectivity index (χ2n) is 2.86. The molecule has 1 aliphatic rings. The number of pyridine rings is 1. The quantitative estimate of drug-likeness (QED) is 0.622. The standard InChI is InChI=1S/C8H10N2OS/c9-6-3-5-4-12-2-1-7(5)10-8(6)11/h3H,1-2,4,9H2,(H,10,11). The van der Waals surface area contributed by atoms with E-state index in [-0.39, 0.29) is 5.56 Å². The van der Waals surface area contributed by atoms with Gasteiger partial charge in [0.05, 0.1) is 5.69 Å². The van der Waals surface area contributed by atoms with Crippen molar-refractivity contribution in [3.63, 3.8) is 0 Å². The predicted octanol–water partition coefficient (Wildman–Crippen LogP) is 0.746. The van der Waals surface area contributed by atoms with Crippen LogP contribution in [0.5, 0.6) is 0 Å². The zero-order chi connectivity index (χ0) is 8.55. The van der Waals surface area contributed by atoms with Gasteiger partial charge in [-0.25, -0.2) is 0 Å². The van der Waals surface area contributed by atoms with Crippen LogP contribution >= 0.6 is 11.8 Å². The summed E-state index contributed by atoms with van der Waals surface area (Å²) < 4.78 is 0. The minimum absolute atomic E-state index is 0.152. The number of nitrogens with one attached hydrogen (secondary N) is 1. The Hall–Kier alpha value is -0.900. The Morgan fingerprint density at radius 3 is 3.25 bits per heavy atom. The lowest BCUT2D eigenvalue weighted by Gasteiger charge is -2.14. The van der Waals surface area contributed by atoms with E-state index in [0.29, 0.717) is 5.69 Å². The van der Waals surface area contributed by atoms with Gasteiger partial charge in [0, 0.05) is 11.4 Å². The fourth-order valence-electron chi connectivity index (χ4n) is 1.34. The van der Waals surface area contributed by atoms with Gasteiger partial charge in [-0.05, 0) is 23.8 Å². The van der Waals surface area contributed by atoms with Crippen LogP contribution in [-0.4, -0.2) is 10.7 Å². The average Bonchev–Trinajstić information content (AvgIpc) is 2.07. The van der Waals surface area contributed by atoms with E-state index in [9.17, 15) is 4.79 Å². The summed E-state index contributed by atoms with van der Waals surface area (Å²) in [6, 6.07) is 1.79. The van der Waals surface area contributed by atoms with E-state index < -0.39 is 0 Å². The van der Waals surface area contributed by atoms with Crippen LogP contribution in [0.4, 0.5) is 5.69 Å². The molecule has 0 saturated carbocycles. The highest BCUT2D eigenvalue weighted by atomic mass is 32.2. The van der Waals surface area contributed by atoms with E-state index in [1.54, 1.807) is 6.07 Å². The minimum atomic E-state index is -0.152. The van der Waals surface area contributed by atoms with Crippen molar-refractivity contribution in [1.82, 2.24) is 4.98 Å². The molecule has 0 fully saturated rings. The number of rotatable bonds is 0. The molecule has 0 amide bonds. The predicted molar refractivity (Wildman–Crippen MR) is 51.3 cm³/mol. The van der Waals surface area contributed by atoms with Crippen LogP contribution in [0, 0.1) is 0 Å². The number of aromatic amines is 1. The summed E-state index contributed by atoms with van der Waals surface area (Å²) in [6.45, 7) is 0. The molecule has 4 heteroatoms. The molecule has 2 heterocycles. The van der Waals surface area contributed by atoms with Crippen molar-refractivity contribution < 1.29 is 0 Å². The lowest BCUT2D eigenvalue weighted by molar-refractivity contribution is 0.974. The molecule has 0 saturated heterocycles. The van der Waals surface area contributed by atoms with Crippen molar-refractivity contribution in [3.8, 4) is 0 Å². The third-order valence-corrected chi connectivity index (χ3v) is 3.01. The number of thioether (sulfide) groups is 1. The first-order valence-corrected chi connectivity index (χ1v) is 5.01. The number of fused-ring (bicyclic) bond motifs is 1. The highest BCUT2D eigenvalue weighted by Crippen LogP contribution is 2.22. The van der Waals surface area contributed by atoms with Gasteiger partial charge in [0.2, 0.25) is 0 Å². The average molecular weight is 182 g/mol. The number of hydrogen-bond donors (Lipinski definition) is 2. The monoisotopic (exact) mass is 182 g/mol. The van der Waals surface area contributed by atoms with Crippen molar-refractivity contribution in [2.24, 2.45) is 0 Å². The van der Waals surface area contributed by atoms with Gasteiger partial charge in [0.25, 0.3) is 5.56 Å². The first-order valence-electron chi connectivity index (χ1n) is 3.85. The second-order valence-corrected chi connectivity index (χ2v) is 3.97. The molecule has 0 radical (unpaired) electrons. The summed E-state index contributed by atoms with van der Waals surface area (Å²) in [4.78, 5) is 13.9. The molecule has 1 aromatic heterocycles. The Kier molecular flexibility index (Phi) is 1.84. The molecule has 0 atom stereocenters. The molecule has 2 rings (SSSR count). The number of aromatic nitrogens is 1. The van der Waals surface area contributed by atoms with Gasteiger partial charge in [-0.3, -0.25) is 4.79 Å². The van der Waals surface area contributed by atoms with Gasteiger partial charge in [-0.2, -0.15) is 11.8 Å². The Labute approximate surface area is 74.4 Å². The maximum atomic E-state index is 11.1. The van der Waals surface area contributed by atoms with Crippen molar-refractivity contribution in [2.75, 3.05) is 11.5 Å². The summed E-state index contributed by atoms with van der Waals surface area (Å²) in [5.74, 6) is 2.06. The first kappa shape index (κ1) is 7.73. The highest BCUT2D eigenvalue weighted by Gasteiger charge is 2.10. The number of anilines is 1. The lowest BCUT2D eigenvalue weighted by atomic mass is 10.1. The molecule has 0 unspecified atom stereocenters. The normalized spacial score (nSPS) is 15.7. The summed E-state index contributed by atoms with van der Waals surface area (Å²) >= 11 is 1.87. The van der Waals surface area contributed by atoms with Crippen molar-refractivity contribution in [1.29, 1.82) is 0 Å². The molecule has 3 N–H and O–H groups in total. The molecular weight excluding hydrogens is 172 g/mol. The zero-order valence-corrected chi connectivity index (χ0v) is 7.41. The smallest absolute Gasteiger partial charge is 0.271 e. The van der Waals surface area contributed by atoms with Crippen LogP contribution in [0.25, 0.3) is 0 Å². The molecule has 12 heavy (non-hydrogen) atoms. The largest absolute Gasteiger partial charge is 0.394 e. The minimum Gasteiger partial charge on any atom is -0.394 e. The number of aryl methyl sites for hydroxylation is 1. The molecule has 0 bridgehead atoms. The summed E-state index contributed by atoms with van der Waals surface area (Å²) in [6.07, 6.45) is 0.954. The fourth-order valence-corrected chi connectivity index (χ4v) is 2.31. The van der Waals surface area contributed by atoms with E-state index in [2.05, 4.69) is 4.98 Å². The van der Waals surface area contributed by atoms with Crippen LogP contribution in [-0.2, 0) is 12.2 Å². The van der Waals surface area contributed by atoms with E-state index in [1.807, 2.05) is 11.8 Å². The number of nitrogens with two attached hydrogens (primary N) is 1. The van der Waals surface area contributed by atoms with E-state index >= 15 is 0 Å². The third-order valence-electron chi connectivity index (χ3n) is 2.00. The Morgan fingerprint density at radius 1 is 1.58 bits per heavy atom. The summed E-state index contributed by atoms with van der Waals surface area (Å²) in [7, 11) is 0. The van der Waals surface area contributed by atoms with E-state index in [0.717, 1.165) is 23.6 Å². The maximum absolute atomic E-state index is 11.1. The molecular formula is C8H10N2OS. The van der Waals surface area contributed by atoms with Crippen molar-refractivity contribution in [3.05, 3.63) is 27.7 Å². The van der Waals surface area contributed by atoms with Gasteiger partial charge < -0.3 is 10.7 Å². The SMILES string of the molecule is Nc1cc2c([nH]c1=O)CCSC2. The maximum Gasteiger partial charge on any atom is 0.271 e. The molecule has 0 aliphatic carbocycles. The van der Waals surface area contributed by atoms with Crippen molar-refractivity contribution in [2.45, 2.75) is 12.2 Å². The van der Waals surface area contributed by atoms with Crippen molar-refractivity contribution >= 4 is 17.4 Å². The van der Waals surface area contributed by atoms with Gasteiger partial charge in [-0.1, -0.05) is 0 Å². The lowest BCUT2D eigenvalue weighted by Crippen LogP contribution is -2.17. The van der Waals surface area contributed by atoms with Crippen LogP contribution < -0.4 is 11.3 Å². The summed E-state index contributed by atoms with van der Waals surface area (Å²) in [5, 5.41) is 0. The van der Waals surface area contributed by atoms with Gasteiger partial charge in [-0.15, -0.1) is 0 Å². The molecule has 64 valence electrons. The molecule has 0 spiro atoms. The van der Waals surface area contributed by atoms with E-state index in [1.165, 1.54) is 5.56 Å². The zero-order valence-electron chi connectivity index (χ0n) is 6.59. The van der Waals surface area contributed by atoms with E-state index in [4.69, 9.17) is 5.73 Å². The van der Waals surface area contributed by atoms with Gasteiger partial charge >= 0.3 is 0 Å². The second kappa shape index (κ2) is 2.86. The number of H-pyrrole nitrogens is 1. The molecule has 3 nitrogen and oxygen atoms in total.